The summed E-state index contributed by atoms with van der Waals surface area (Å²) in [6, 6.07) is -1.16. The second kappa shape index (κ2) is 29.7. The number of carbonyl (C=O) groups excluding carboxylic acids is 5. The molecule has 3 fully saturated rings. The van der Waals surface area contributed by atoms with Crippen molar-refractivity contribution in [3.8, 4) is 0 Å². The number of aliphatic hydroxyl groups excluding tert-OH is 3. The largest absolute Gasteiger partial charge is 0.460 e. The maximum atomic E-state index is 14.5. The van der Waals surface area contributed by atoms with Crippen LogP contribution in [0, 0.1) is 35.5 Å². The van der Waals surface area contributed by atoms with E-state index in [0.29, 0.717) is 88.6 Å². The van der Waals surface area contributed by atoms with E-state index in [9.17, 15) is 44.4 Å². The van der Waals surface area contributed by atoms with Crippen molar-refractivity contribution in [2.75, 3.05) is 45.5 Å². The molecule has 2 saturated heterocycles. The number of thioether (sulfide) groups is 1. The lowest BCUT2D eigenvalue weighted by Gasteiger charge is -2.43. The Kier molecular flexibility index (Phi) is 25.3. The van der Waals surface area contributed by atoms with Crippen molar-refractivity contribution in [1.29, 1.82) is 0 Å². The van der Waals surface area contributed by atoms with Crippen molar-refractivity contribution in [2.45, 2.75) is 186 Å². The van der Waals surface area contributed by atoms with Crippen LogP contribution in [0.4, 0.5) is 0 Å². The van der Waals surface area contributed by atoms with Gasteiger partial charge in [0.2, 0.25) is 5.79 Å². The van der Waals surface area contributed by atoms with E-state index in [0.717, 1.165) is 11.3 Å². The van der Waals surface area contributed by atoms with Crippen LogP contribution >= 0.6 is 11.8 Å². The number of carbonyl (C=O) groups is 5. The summed E-state index contributed by atoms with van der Waals surface area (Å²) in [7, 11) is 2.94. The fraction of sp³-hybridized carbons (Fsp3) is 0.764. The lowest BCUT2D eigenvalue weighted by Crippen LogP contribution is -2.61. The fourth-order valence-electron chi connectivity index (χ4n) is 10.6. The number of hydrogen-bond donors (Lipinski definition) is 4. The van der Waals surface area contributed by atoms with Gasteiger partial charge in [0.15, 0.2) is 5.78 Å². The van der Waals surface area contributed by atoms with Gasteiger partial charge < -0.3 is 49.0 Å². The number of ketones is 3. The van der Waals surface area contributed by atoms with E-state index in [1.807, 2.05) is 58.1 Å². The first-order chi connectivity index (χ1) is 33.7. The maximum Gasteiger partial charge on any atom is 0.329 e. The third kappa shape index (κ3) is 17.5. The van der Waals surface area contributed by atoms with E-state index in [1.165, 1.54) is 12.0 Å². The first-order valence-electron chi connectivity index (χ1n) is 26.2. The number of fused-ring (bicyclic) bond motifs is 3. The van der Waals surface area contributed by atoms with Crippen LogP contribution in [0.2, 0.25) is 0 Å². The van der Waals surface area contributed by atoms with E-state index in [1.54, 1.807) is 45.7 Å². The SMILES string of the molecule is CO[C@@H]1C[C@H](C[C@@H](C)[C@@H]2CC(=O)[C@H](C)/C=C(\C)[C@@H](O)[C@@H](OC)C(=O)[C@H](C)C[C@H](C)/C=C/C=C/C=C(\C)C(OCCSCCCO)C[C@@H]3CC[C@@H](C)[C@@](O)(O3)C(=O)C(=O)N3CCCC[C@H]3C(=O)O2)CC[C@H]1O. The van der Waals surface area contributed by atoms with Gasteiger partial charge in [-0.15, -0.1) is 0 Å². The lowest BCUT2D eigenvalue weighted by atomic mass is 9.78. The third-order valence-electron chi connectivity index (χ3n) is 15.2. The Morgan fingerprint density at radius 1 is 0.887 bits per heavy atom. The number of hydrogen-bond acceptors (Lipinski definition) is 15. The van der Waals surface area contributed by atoms with Gasteiger partial charge in [0.1, 0.15) is 30.1 Å². The van der Waals surface area contributed by atoms with Gasteiger partial charge >= 0.3 is 5.97 Å². The number of rotatable bonds is 12. The van der Waals surface area contributed by atoms with Crippen LogP contribution < -0.4 is 0 Å². The van der Waals surface area contributed by atoms with Crippen molar-refractivity contribution >= 4 is 41.0 Å². The molecule has 0 aromatic heterocycles. The van der Waals surface area contributed by atoms with E-state index in [4.69, 9.17) is 23.7 Å². The van der Waals surface area contributed by atoms with Crippen LogP contribution in [0.15, 0.2) is 47.6 Å². The molecule has 0 aromatic rings. The number of piperidine rings is 1. The highest BCUT2D eigenvalue weighted by atomic mass is 32.2. The molecule has 402 valence electrons. The standard InChI is InChI=1S/C55H87NO14S/c1-34-16-11-10-12-17-35(2)46(68-25-27-71-26-15-24-57)32-42-21-19-40(7)55(65,70-42)52(62)53(63)56-23-14-13-18-43(56)54(64)69-47(37(4)30-41-20-22-44(58)48(31-41)66-8)33-45(59)36(3)29-39(6)50(61)51(67-9)49(60)38(5)28-34/h10-12,16-17,29,34,36-38,40-44,46-48,50-51,57-58,61,65H,13-15,18-28,30-33H2,1-9H3/b12-10+,16-11+,35-17+,39-29+/t34-,36-,37-,38-,40-,41+,42+,43+,44-,46?,47+,48-,50-,51+,55-/m1/s1. The van der Waals surface area contributed by atoms with Gasteiger partial charge in [0.25, 0.3) is 11.7 Å². The zero-order chi connectivity index (χ0) is 52.4. The average molecular weight is 1020 g/mol. The summed E-state index contributed by atoms with van der Waals surface area (Å²) in [4.78, 5) is 72.4. The molecule has 0 spiro atoms. The summed E-state index contributed by atoms with van der Waals surface area (Å²) in [5.41, 5.74) is 1.26. The molecule has 2 bridgehead atoms. The van der Waals surface area contributed by atoms with Crippen molar-refractivity contribution < 1.29 is 68.1 Å². The zero-order valence-electron chi connectivity index (χ0n) is 44.0. The molecule has 4 aliphatic rings. The number of nitrogens with zero attached hydrogens (tertiary/aromatic N) is 1. The minimum atomic E-state index is -2.46. The van der Waals surface area contributed by atoms with Crippen molar-refractivity contribution in [1.82, 2.24) is 4.90 Å². The predicted molar refractivity (Wildman–Crippen MR) is 273 cm³/mol. The maximum absolute atomic E-state index is 14.5. The number of cyclic esters (lactones) is 1. The molecule has 0 aromatic carbocycles. The Morgan fingerprint density at radius 3 is 2.34 bits per heavy atom. The van der Waals surface area contributed by atoms with Gasteiger partial charge in [0.05, 0.1) is 31.0 Å². The van der Waals surface area contributed by atoms with Crippen molar-refractivity contribution in [3.63, 3.8) is 0 Å². The summed E-state index contributed by atoms with van der Waals surface area (Å²) < 4.78 is 30.2. The first-order valence-corrected chi connectivity index (χ1v) is 27.4. The highest BCUT2D eigenvalue weighted by molar-refractivity contribution is 7.99. The molecule has 4 N–H and O–H groups in total. The molecule has 15 atom stereocenters. The molecule has 0 radical (unpaired) electrons. The summed E-state index contributed by atoms with van der Waals surface area (Å²) in [6.45, 7) is 13.3. The van der Waals surface area contributed by atoms with Gasteiger partial charge in [-0.2, -0.15) is 11.8 Å². The summed E-state index contributed by atoms with van der Waals surface area (Å²) in [5, 5.41) is 43.4. The first kappa shape index (κ1) is 60.5. The van der Waals surface area contributed by atoms with Crippen molar-refractivity contribution in [2.24, 2.45) is 35.5 Å². The molecule has 1 saturated carbocycles. The van der Waals surface area contributed by atoms with Gasteiger partial charge in [-0.1, -0.05) is 71.1 Å². The Bertz CT molecular complexity index is 1870. The highest BCUT2D eigenvalue weighted by Gasteiger charge is 2.53. The number of amides is 1. The molecule has 1 unspecified atom stereocenters. The van der Waals surface area contributed by atoms with Gasteiger partial charge in [-0.3, -0.25) is 19.2 Å². The van der Waals surface area contributed by atoms with E-state index < -0.39 is 83.9 Å². The molecule has 71 heavy (non-hydrogen) atoms. The van der Waals surface area contributed by atoms with Crippen LogP contribution in [0.25, 0.3) is 0 Å². The van der Waals surface area contributed by atoms with Gasteiger partial charge in [-0.25, -0.2) is 4.79 Å². The molecule has 1 aliphatic carbocycles. The van der Waals surface area contributed by atoms with E-state index >= 15 is 0 Å². The van der Waals surface area contributed by atoms with Gasteiger partial charge in [0, 0.05) is 63.7 Å². The van der Waals surface area contributed by atoms with E-state index in [-0.39, 0.29) is 61.4 Å². The zero-order valence-corrected chi connectivity index (χ0v) is 44.8. The molecule has 3 heterocycles. The summed E-state index contributed by atoms with van der Waals surface area (Å²) in [6.07, 6.45) is 11.6. The normalized spacial score (nSPS) is 38.0. The summed E-state index contributed by atoms with van der Waals surface area (Å²) >= 11 is 1.67. The van der Waals surface area contributed by atoms with Crippen LogP contribution in [0.5, 0.6) is 0 Å². The topological polar surface area (TPSA) is 216 Å². The second-order valence-electron chi connectivity index (χ2n) is 20.9. The number of ether oxygens (including phenoxy) is 5. The van der Waals surface area contributed by atoms with Crippen LogP contribution in [0.3, 0.4) is 0 Å². The lowest BCUT2D eigenvalue weighted by molar-refractivity contribution is -0.266. The van der Waals surface area contributed by atoms with Crippen LogP contribution in [-0.2, 0) is 47.7 Å². The number of aliphatic hydroxyl groups is 4. The predicted octanol–water partition coefficient (Wildman–Crippen LogP) is 6.67. The van der Waals surface area contributed by atoms with Crippen molar-refractivity contribution in [3.05, 3.63) is 47.6 Å². The highest BCUT2D eigenvalue weighted by Crippen LogP contribution is 2.38. The minimum Gasteiger partial charge on any atom is -0.460 e. The Hall–Kier alpha value is -3.06. The van der Waals surface area contributed by atoms with Gasteiger partial charge in [-0.05, 0) is 119 Å². The molecule has 16 heteroatoms. The molecule has 4 rings (SSSR count). The monoisotopic (exact) mass is 1020 g/mol. The minimum absolute atomic E-state index is 0.00135. The van der Waals surface area contributed by atoms with E-state index in [2.05, 4.69) is 0 Å². The van der Waals surface area contributed by atoms with Crippen LogP contribution in [0.1, 0.15) is 132 Å². The molecular weight excluding hydrogens is 931 g/mol. The Labute approximate surface area is 427 Å². The molecular formula is C55H87NO14S. The molecule has 3 aliphatic heterocycles. The second-order valence-corrected chi connectivity index (χ2v) is 22.1. The van der Waals surface area contributed by atoms with Crippen LogP contribution in [-0.4, -0.2) is 155 Å². The quantitative estimate of drug-likeness (QED) is 0.0696. The number of Topliss-reactive ketones (excluding diaryl/α,β-unsaturated/α-hetero) is 3. The Morgan fingerprint density at radius 2 is 1.63 bits per heavy atom. The summed E-state index contributed by atoms with van der Waals surface area (Å²) in [5.74, 6) is -6.65. The molecule has 1 amide bonds. The number of esters is 1. The molecule has 15 nitrogen and oxygen atoms in total. The Balaban J connectivity index is 1.71. The number of allylic oxidation sites excluding steroid dienone is 6. The smallest absolute Gasteiger partial charge is 0.329 e. The fourth-order valence-corrected chi connectivity index (χ4v) is 11.3. The number of methoxy groups -OCH3 is 2. The average Bonchev–Trinajstić information content (AvgIpc) is 3.34. The third-order valence-corrected chi connectivity index (χ3v) is 16.2.